The Kier molecular flexibility index (Phi) is 3.60. The Hall–Kier alpha value is -1.20. The Bertz CT molecular complexity index is 314. The largest absolute Gasteiger partial charge is 0.497 e. The Morgan fingerprint density at radius 1 is 1.40 bits per heavy atom. The van der Waals surface area contributed by atoms with Gasteiger partial charge in [-0.1, -0.05) is 12.1 Å². The van der Waals surface area contributed by atoms with Crippen molar-refractivity contribution in [1.82, 2.24) is 0 Å². The summed E-state index contributed by atoms with van der Waals surface area (Å²) < 4.78 is 30.9. The third kappa shape index (κ3) is 2.64. The number of benzene rings is 1. The molecule has 1 aromatic rings. The standard InChI is InChI=1S/C10H13F2NO2/c1-15-8-4-2-7(3-5-8)9(13)10(11,12)6-14/h2-5,9,14H,6,13H2,1H3. The normalized spacial score (nSPS) is 13.7. The summed E-state index contributed by atoms with van der Waals surface area (Å²) in [5.74, 6) is -2.74. The molecule has 0 fully saturated rings. The van der Waals surface area contributed by atoms with E-state index in [0.29, 0.717) is 5.75 Å². The van der Waals surface area contributed by atoms with Crippen LogP contribution < -0.4 is 10.5 Å². The van der Waals surface area contributed by atoms with Gasteiger partial charge in [-0.2, -0.15) is 0 Å². The van der Waals surface area contributed by atoms with Crippen molar-refractivity contribution in [2.75, 3.05) is 13.7 Å². The number of rotatable bonds is 4. The summed E-state index contributed by atoms with van der Waals surface area (Å²) in [7, 11) is 1.48. The molecule has 0 radical (unpaired) electrons. The monoisotopic (exact) mass is 217 g/mol. The summed E-state index contributed by atoms with van der Waals surface area (Å²) in [5, 5.41) is 8.47. The second kappa shape index (κ2) is 4.55. The first-order valence-corrected chi connectivity index (χ1v) is 4.39. The lowest BCUT2D eigenvalue weighted by atomic mass is 10.0. The molecule has 0 aliphatic heterocycles. The summed E-state index contributed by atoms with van der Waals surface area (Å²) in [4.78, 5) is 0. The molecule has 5 heteroatoms. The van der Waals surface area contributed by atoms with Crippen LogP contribution in [0.5, 0.6) is 5.75 Å². The van der Waals surface area contributed by atoms with E-state index in [1.165, 1.54) is 19.2 Å². The Balaban J connectivity index is 2.87. The van der Waals surface area contributed by atoms with Crippen LogP contribution in [0.3, 0.4) is 0 Å². The minimum atomic E-state index is -3.31. The van der Waals surface area contributed by atoms with Crippen LogP contribution >= 0.6 is 0 Å². The van der Waals surface area contributed by atoms with Gasteiger partial charge in [-0.15, -0.1) is 0 Å². The van der Waals surface area contributed by atoms with Gasteiger partial charge in [0.2, 0.25) is 0 Å². The SMILES string of the molecule is COc1ccc(C(N)C(F)(F)CO)cc1. The smallest absolute Gasteiger partial charge is 0.289 e. The number of hydrogen-bond donors (Lipinski definition) is 2. The molecule has 0 aromatic heterocycles. The molecule has 0 saturated carbocycles. The van der Waals surface area contributed by atoms with Crippen LogP contribution in [0, 0.1) is 0 Å². The van der Waals surface area contributed by atoms with Crippen LogP contribution in [0.2, 0.25) is 0 Å². The Morgan fingerprint density at radius 3 is 2.33 bits per heavy atom. The molecule has 84 valence electrons. The van der Waals surface area contributed by atoms with Gasteiger partial charge in [0.05, 0.1) is 13.2 Å². The van der Waals surface area contributed by atoms with Gasteiger partial charge in [0.15, 0.2) is 0 Å². The summed E-state index contributed by atoms with van der Waals surface area (Å²) in [6, 6.07) is 4.49. The zero-order valence-corrected chi connectivity index (χ0v) is 8.28. The third-order valence-electron chi connectivity index (χ3n) is 2.14. The van der Waals surface area contributed by atoms with E-state index in [1.54, 1.807) is 12.1 Å². The van der Waals surface area contributed by atoms with Gasteiger partial charge in [0.25, 0.3) is 5.92 Å². The molecule has 1 rings (SSSR count). The summed E-state index contributed by atoms with van der Waals surface area (Å²) in [5.41, 5.74) is 5.58. The van der Waals surface area contributed by atoms with E-state index in [2.05, 4.69) is 0 Å². The number of aliphatic hydroxyl groups excluding tert-OH is 1. The molecule has 0 amide bonds. The van der Waals surface area contributed by atoms with E-state index in [1.807, 2.05) is 0 Å². The molecule has 1 atom stereocenters. The molecule has 0 saturated heterocycles. The summed E-state index contributed by atoms with van der Waals surface area (Å²) in [6.45, 7) is -1.26. The molecule has 15 heavy (non-hydrogen) atoms. The molecule has 0 aliphatic rings. The van der Waals surface area contributed by atoms with E-state index >= 15 is 0 Å². The fraction of sp³-hybridized carbons (Fsp3) is 0.400. The lowest BCUT2D eigenvalue weighted by molar-refractivity contribution is -0.0711. The van der Waals surface area contributed by atoms with E-state index in [0.717, 1.165) is 0 Å². The van der Waals surface area contributed by atoms with Crippen molar-refractivity contribution >= 4 is 0 Å². The number of nitrogens with two attached hydrogens (primary N) is 1. The van der Waals surface area contributed by atoms with Crippen molar-refractivity contribution in [2.24, 2.45) is 5.73 Å². The number of alkyl halides is 2. The van der Waals surface area contributed by atoms with Gasteiger partial charge in [-0.05, 0) is 17.7 Å². The molecule has 0 aliphatic carbocycles. The topological polar surface area (TPSA) is 55.5 Å². The van der Waals surface area contributed by atoms with E-state index in [4.69, 9.17) is 15.6 Å². The number of halogens is 2. The first-order chi connectivity index (χ1) is 7.01. The fourth-order valence-corrected chi connectivity index (χ4v) is 1.15. The minimum absolute atomic E-state index is 0.259. The highest BCUT2D eigenvalue weighted by Crippen LogP contribution is 2.29. The van der Waals surface area contributed by atoms with Crippen molar-refractivity contribution in [3.63, 3.8) is 0 Å². The van der Waals surface area contributed by atoms with Crippen molar-refractivity contribution < 1.29 is 18.6 Å². The second-order valence-corrected chi connectivity index (χ2v) is 3.17. The maximum Gasteiger partial charge on any atom is 0.289 e. The maximum absolute atomic E-state index is 13.0. The molecular formula is C10H13F2NO2. The Morgan fingerprint density at radius 2 is 1.93 bits per heavy atom. The highest BCUT2D eigenvalue weighted by Gasteiger charge is 2.37. The molecule has 3 nitrogen and oxygen atoms in total. The molecule has 0 heterocycles. The molecule has 3 N–H and O–H groups in total. The summed E-state index contributed by atoms with van der Waals surface area (Å²) >= 11 is 0. The third-order valence-corrected chi connectivity index (χ3v) is 2.14. The number of aliphatic hydroxyl groups is 1. The van der Waals surface area contributed by atoms with Crippen molar-refractivity contribution in [2.45, 2.75) is 12.0 Å². The van der Waals surface area contributed by atoms with Crippen molar-refractivity contribution in [3.8, 4) is 5.75 Å². The van der Waals surface area contributed by atoms with Crippen LogP contribution in [-0.4, -0.2) is 24.7 Å². The molecule has 1 unspecified atom stereocenters. The number of ether oxygens (including phenoxy) is 1. The molecule has 0 spiro atoms. The predicted molar refractivity (Wildman–Crippen MR) is 52.0 cm³/mol. The van der Waals surface area contributed by atoms with Crippen molar-refractivity contribution in [1.29, 1.82) is 0 Å². The quantitative estimate of drug-likeness (QED) is 0.799. The van der Waals surface area contributed by atoms with E-state index in [9.17, 15) is 8.78 Å². The van der Waals surface area contributed by atoms with Gasteiger partial charge >= 0.3 is 0 Å². The van der Waals surface area contributed by atoms with Gasteiger partial charge < -0.3 is 15.6 Å². The zero-order chi connectivity index (χ0) is 11.5. The number of methoxy groups -OCH3 is 1. The highest BCUT2D eigenvalue weighted by molar-refractivity contribution is 5.29. The van der Waals surface area contributed by atoms with Gasteiger partial charge in [0.1, 0.15) is 12.4 Å². The first kappa shape index (κ1) is 11.9. The van der Waals surface area contributed by atoms with E-state index < -0.39 is 18.6 Å². The molecule has 1 aromatic carbocycles. The Labute approximate surface area is 86.5 Å². The van der Waals surface area contributed by atoms with Crippen LogP contribution in [0.25, 0.3) is 0 Å². The second-order valence-electron chi connectivity index (χ2n) is 3.17. The van der Waals surface area contributed by atoms with Gasteiger partial charge in [0, 0.05) is 0 Å². The lowest BCUT2D eigenvalue weighted by Crippen LogP contribution is -2.36. The van der Waals surface area contributed by atoms with Crippen LogP contribution in [0.1, 0.15) is 11.6 Å². The van der Waals surface area contributed by atoms with Crippen LogP contribution in [-0.2, 0) is 0 Å². The van der Waals surface area contributed by atoms with Gasteiger partial charge in [-0.25, -0.2) is 8.78 Å². The molecular weight excluding hydrogens is 204 g/mol. The van der Waals surface area contributed by atoms with Gasteiger partial charge in [-0.3, -0.25) is 0 Å². The zero-order valence-electron chi connectivity index (χ0n) is 8.28. The average Bonchev–Trinajstić information content (AvgIpc) is 2.28. The maximum atomic E-state index is 13.0. The van der Waals surface area contributed by atoms with Crippen molar-refractivity contribution in [3.05, 3.63) is 29.8 Å². The molecule has 0 bridgehead atoms. The average molecular weight is 217 g/mol. The predicted octanol–water partition coefficient (Wildman–Crippen LogP) is 1.32. The lowest BCUT2D eigenvalue weighted by Gasteiger charge is -2.21. The number of hydrogen-bond acceptors (Lipinski definition) is 3. The van der Waals surface area contributed by atoms with E-state index in [-0.39, 0.29) is 5.56 Å². The van der Waals surface area contributed by atoms with Crippen LogP contribution in [0.4, 0.5) is 8.78 Å². The highest BCUT2D eigenvalue weighted by atomic mass is 19.3. The van der Waals surface area contributed by atoms with Crippen LogP contribution in [0.15, 0.2) is 24.3 Å². The summed E-state index contributed by atoms with van der Waals surface area (Å²) in [6.07, 6.45) is 0. The minimum Gasteiger partial charge on any atom is -0.497 e. The first-order valence-electron chi connectivity index (χ1n) is 4.39. The fourth-order valence-electron chi connectivity index (χ4n) is 1.15.